The van der Waals surface area contributed by atoms with Crippen molar-refractivity contribution in [3.63, 3.8) is 0 Å². The zero-order valence-corrected chi connectivity index (χ0v) is 11.9. The van der Waals surface area contributed by atoms with Crippen LogP contribution in [0, 0.1) is 4.64 Å². The Hall–Kier alpha value is -1.16. The summed E-state index contributed by atoms with van der Waals surface area (Å²) in [6.07, 6.45) is 0. The first-order valence-electron chi connectivity index (χ1n) is 5.58. The van der Waals surface area contributed by atoms with Crippen molar-refractivity contribution < 1.29 is 0 Å². The summed E-state index contributed by atoms with van der Waals surface area (Å²) in [5, 5.41) is 1.93. The van der Waals surface area contributed by atoms with Gasteiger partial charge in [-0.25, -0.2) is 0 Å². The molecule has 0 bridgehead atoms. The molecule has 0 aliphatic heterocycles. The minimum absolute atomic E-state index is 0.734. The third-order valence-corrected chi connectivity index (χ3v) is 4.83. The van der Waals surface area contributed by atoms with Gasteiger partial charge in [-0.3, -0.25) is 3.96 Å². The van der Waals surface area contributed by atoms with Gasteiger partial charge in [0.2, 0.25) is 0 Å². The Morgan fingerprint density at radius 2 is 1.78 bits per heavy atom. The average Bonchev–Trinajstić information content (AvgIpc) is 2.70. The predicted octanol–water partition coefficient (Wildman–Crippen LogP) is 5.13. The molecule has 3 rings (SSSR count). The van der Waals surface area contributed by atoms with E-state index >= 15 is 0 Å². The van der Waals surface area contributed by atoms with Gasteiger partial charge in [-0.2, -0.15) is 0 Å². The number of hydrogen-bond donors (Lipinski definition) is 0. The first-order valence-corrected chi connectivity index (χ1v) is 7.14. The summed E-state index contributed by atoms with van der Waals surface area (Å²) in [5.41, 5.74) is 1.10. The summed E-state index contributed by atoms with van der Waals surface area (Å²) in [7, 11) is 0. The number of hydrogen-bond acceptors (Lipinski definition) is 2. The van der Waals surface area contributed by atoms with Gasteiger partial charge in [0.25, 0.3) is 0 Å². The van der Waals surface area contributed by atoms with Gasteiger partial charge in [0.15, 0.2) is 0 Å². The molecule has 0 N–H and O–H groups in total. The van der Waals surface area contributed by atoms with E-state index in [1.54, 1.807) is 11.5 Å². The molecule has 2 aromatic carbocycles. The zero-order chi connectivity index (χ0) is 12.5. The summed E-state index contributed by atoms with van der Waals surface area (Å²) < 4.78 is 4.21. The molecule has 90 valence electrons. The number of nitrogens with zero attached hydrogens (tertiary/aromatic N) is 1. The van der Waals surface area contributed by atoms with Gasteiger partial charge >= 0.3 is 0 Å². The lowest BCUT2D eigenvalue weighted by Crippen LogP contribution is -1.96. The maximum Gasteiger partial charge on any atom is 0.124 e. The Morgan fingerprint density at radius 3 is 2.56 bits per heavy atom. The van der Waals surface area contributed by atoms with Gasteiger partial charge in [-0.15, -0.1) is 0 Å². The molecule has 1 aromatic heterocycles. The molecule has 0 spiro atoms. The van der Waals surface area contributed by atoms with Crippen LogP contribution < -0.4 is 0 Å². The quantitative estimate of drug-likeness (QED) is 0.592. The van der Waals surface area contributed by atoms with E-state index in [0.717, 1.165) is 27.2 Å². The van der Waals surface area contributed by atoms with Crippen LogP contribution in [0.5, 0.6) is 0 Å². The zero-order valence-electron chi connectivity index (χ0n) is 9.47. The normalized spacial score (nSPS) is 10.9. The van der Waals surface area contributed by atoms with Gasteiger partial charge in [-0.05, 0) is 17.7 Å². The van der Waals surface area contributed by atoms with Crippen molar-refractivity contribution >= 4 is 45.4 Å². The van der Waals surface area contributed by atoms with Crippen LogP contribution in [0.15, 0.2) is 48.5 Å². The van der Waals surface area contributed by atoms with Crippen molar-refractivity contribution in [1.82, 2.24) is 3.96 Å². The van der Waals surface area contributed by atoms with Crippen molar-refractivity contribution in [1.29, 1.82) is 0 Å². The Morgan fingerprint density at radius 1 is 1.06 bits per heavy atom. The molecule has 1 heterocycles. The summed E-state index contributed by atoms with van der Waals surface area (Å²) in [4.78, 5) is 0. The van der Waals surface area contributed by atoms with Crippen LogP contribution in [-0.4, -0.2) is 3.96 Å². The SMILES string of the molecule is S=c1c2ccccc2sn1Cc1ccccc1Cl. The van der Waals surface area contributed by atoms with Crippen molar-refractivity contribution in [2.75, 3.05) is 0 Å². The van der Waals surface area contributed by atoms with E-state index in [9.17, 15) is 0 Å². The van der Waals surface area contributed by atoms with Gasteiger partial charge in [-0.1, -0.05) is 71.7 Å². The summed E-state index contributed by atoms with van der Waals surface area (Å²) in [6.45, 7) is 0.734. The number of benzene rings is 2. The smallest absolute Gasteiger partial charge is 0.124 e. The van der Waals surface area contributed by atoms with E-state index in [4.69, 9.17) is 23.8 Å². The largest absolute Gasteiger partial charge is 0.283 e. The first kappa shape index (κ1) is 11.9. The first-order chi connectivity index (χ1) is 8.75. The molecule has 3 aromatic rings. The van der Waals surface area contributed by atoms with Gasteiger partial charge in [0.05, 0.1) is 11.2 Å². The summed E-state index contributed by atoms with van der Waals surface area (Å²) in [5.74, 6) is 0. The molecule has 0 aliphatic rings. The van der Waals surface area contributed by atoms with Crippen LogP contribution in [0.2, 0.25) is 5.02 Å². The fourth-order valence-electron chi connectivity index (χ4n) is 1.90. The fourth-order valence-corrected chi connectivity index (χ4v) is 3.54. The fraction of sp³-hybridized carbons (Fsp3) is 0.0714. The van der Waals surface area contributed by atoms with Crippen molar-refractivity contribution in [2.24, 2.45) is 0 Å². The standard InChI is InChI=1S/C14H10ClNS2/c15-12-7-3-1-5-10(12)9-16-14(17)11-6-2-4-8-13(11)18-16/h1-8H,9H2. The second-order valence-corrected chi connectivity index (χ2v) is 5.88. The molecule has 0 saturated carbocycles. The molecule has 18 heavy (non-hydrogen) atoms. The number of fused-ring (bicyclic) bond motifs is 1. The van der Waals surface area contributed by atoms with Crippen molar-refractivity contribution in [3.05, 3.63) is 63.8 Å². The van der Waals surface area contributed by atoms with E-state index in [1.165, 1.54) is 4.70 Å². The third-order valence-electron chi connectivity index (χ3n) is 2.82. The van der Waals surface area contributed by atoms with Crippen molar-refractivity contribution in [2.45, 2.75) is 6.54 Å². The molecule has 4 heteroatoms. The minimum Gasteiger partial charge on any atom is -0.283 e. The molecule has 0 amide bonds. The van der Waals surface area contributed by atoms with Gasteiger partial charge in [0, 0.05) is 10.4 Å². The molecular weight excluding hydrogens is 282 g/mol. The highest BCUT2D eigenvalue weighted by molar-refractivity contribution is 7.71. The second kappa shape index (κ2) is 4.84. The lowest BCUT2D eigenvalue weighted by atomic mass is 10.2. The van der Waals surface area contributed by atoms with Crippen LogP contribution in [0.1, 0.15) is 5.56 Å². The van der Waals surface area contributed by atoms with E-state index in [-0.39, 0.29) is 0 Å². The molecule has 1 nitrogen and oxygen atoms in total. The lowest BCUT2D eigenvalue weighted by Gasteiger charge is -2.03. The van der Waals surface area contributed by atoms with Crippen LogP contribution in [0.3, 0.4) is 0 Å². The molecule has 0 aliphatic carbocycles. The Balaban J connectivity index is 2.09. The number of rotatable bonds is 2. The van der Waals surface area contributed by atoms with E-state index < -0.39 is 0 Å². The topological polar surface area (TPSA) is 4.93 Å². The monoisotopic (exact) mass is 291 g/mol. The van der Waals surface area contributed by atoms with Crippen molar-refractivity contribution in [3.8, 4) is 0 Å². The Labute approximate surface area is 119 Å². The van der Waals surface area contributed by atoms with Crippen LogP contribution >= 0.6 is 35.4 Å². The highest BCUT2D eigenvalue weighted by Gasteiger charge is 2.06. The highest BCUT2D eigenvalue weighted by Crippen LogP contribution is 2.25. The predicted molar refractivity (Wildman–Crippen MR) is 81.2 cm³/mol. The molecule has 0 radical (unpaired) electrons. The van der Waals surface area contributed by atoms with Crippen LogP contribution in [0.25, 0.3) is 10.1 Å². The molecule has 0 saturated heterocycles. The summed E-state index contributed by atoms with van der Waals surface area (Å²) in [6, 6.07) is 16.1. The Bertz CT molecular complexity index is 758. The third kappa shape index (κ3) is 2.09. The van der Waals surface area contributed by atoms with Gasteiger partial charge in [0.1, 0.15) is 4.64 Å². The second-order valence-electron chi connectivity index (χ2n) is 4.02. The minimum atomic E-state index is 0.734. The molecule has 0 fully saturated rings. The number of halogens is 1. The van der Waals surface area contributed by atoms with Gasteiger partial charge < -0.3 is 0 Å². The Kier molecular flexibility index (Phi) is 3.20. The van der Waals surface area contributed by atoms with E-state index in [0.29, 0.717) is 0 Å². The molecule has 0 unspecified atom stereocenters. The molecule has 0 atom stereocenters. The summed E-state index contributed by atoms with van der Waals surface area (Å²) >= 11 is 13.4. The maximum atomic E-state index is 6.18. The average molecular weight is 292 g/mol. The molecular formula is C14H10ClNS2. The highest BCUT2D eigenvalue weighted by atomic mass is 35.5. The number of aromatic nitrogens is 1. The van der Waals surface area contributed by atoms with Crippen LogP contribution in [0.4, 0.5) is 0 Å². The van der Waals surface area contributed by atoms with E-state index in [2.05, 4.69) is 16.1 Å². The maximum absolute atomic E-state index is 6.18. The lowest BCUT2D eigenvalue weighted by molar-refractivity contribution is 0.874. The van der Waals surface area contributed by atoms with Crippen LogP contribution in [-0.2, 0) is 6.54 Å². The van der Waals surface area contributed by atoms with E-state index in [1.807, 2.05) is 36.4 Å².